The maximum atomic E-state index is 13.5. The van der Waals surface area contributed by atoms with Gasteiger partial charge >= 0.3 is 5.97 Å². The molecule has 0 aliphatic carbocycles. The molecule has 0 aliphatic heterocycles. The van der Waals surface area contributed by atoms with Crippen LogP contribution in [-0.4, -0.2) is 27.9 Å². The minimum absolute atomic E-state index is 0.0958. The summed E-state index contributed by atoms with van der Waals surface area (Å²) in [5, 5.41) is 18.6. The number of anilines is 2. The molecule has 2 amide bonds. The molecule has 200 valence electrons. The van der Waals surface area contributed by atoms with E-state index in [1.807, 2.05) is 66.0 Å². The van der Waals surface area contributed by atoms with Gasteiger partial charge in [0.1, 0.15) is 5.25 Å². The standard InChI is InChI=1S/C31H25N3O4S2/c35-27(16-17-28(36)37)32-24-12-14-25(15-13-24)40-29(21-7-2-1-3-8-21)30(38)34-31-33-26(19-39-31)23-11-10-20-6-4-5-9-22(20)18-23/h1-15,18-19,29H,16-17H2,(H,32,35)(H,36,37)(H,33,34,38). The first-order valence-corrected chi connectivity index (χ1v) is 14.3. The molecule has 1 unspecified atom stereocenters. The Bertz CT molecular complexity index is 1650. The Hall–Kier alpha value is -4.47. The number of thiazole rings is 1. The van der Waals surface area contributed by atoms with E-state index >= 15 is 0 Å². The van der Waals surface area contributed by atoms with Crippen molar-refractivity contribution in [1.29, 1.82) is 0 Å². The number of carbonyl (C=O) groups is 3. The van der Waals surface area contributed by atoms with Crippen LogP contribution in [-0.2, 0) is 14.4 Å². The number of aromatic nitrogens is 1. The summed E-state index contributed by atoms with van der Waals surface area (Å²) in [5.74, 6) is -1.58. The molecular weight excluding hydrogens is 542 g/mol. The number of hydrogen-bond acceptors (Lipinski definition) is 6. The van der Waals surface area contributed by atoms with Gasteiger partial charge in [-0.25, -0.2) is 4.98 Å². The Kier molecular flexibility index (Phi) is 8.53. The molecule has 5 rings (SSSR count). The highest BCUT2D eigenvalue weighted by atomic mass is 32.2. The fourth-order valence-corrected chi connectivity index (χ4v) is 5.83. The molecule has 7 nitrogen and oxygen atoms in total. The lowest BCUT2D eigenvalue weighted by Crippen LogP contribution is -2.19. The van der Waals surface area contributed by atoms with Crippen molar-refractivity contribution in [2.24, 2.45) is 0 Å². The van der Waals surface area contributed by atoms with Crippen molar-refractivity contribution in [3.63, 3.8) is 0 Å². The topological polar surface area (TPSA) is 108 Å². The summed E-state index contributed by atoms with van der Waals surface area (Å²) >= 11 is 2.77. The second kappa shape index (κ2) is 12.6. The lowest BCUT2D eigenvalue weighted by molar-refractivity contribution is -0.138. The third-order valence-corrected chi connectivity index (χ3v) is 8.10. The number of hydrogen-bond donors (Lipinski definition) is 3. The van der Waals surface area contributed by atoms with E-state index in [9.17, 15) is 14.4 Å². The molecule has 4 aromatic carbocycles. The second-order valence-corrected chi connectivity index (χ2v) is 11.0. The summed E-state index contributed by atoms with van der Waals surface area (Å²) in [5.41, 5.74) is 3.20. The Morgan fingerprint density at radius 3 is 2.30 bits per heavy atom. The maximum absolute atomic E-state index is 13.5. The highest BCUT2D eigenvalue weighted by Crippen LogP contribution is 2.37. The number of carboxylic acids is 1. The van der Waals surface area contributed by atoms with Crippen molar-refractivity contribution in [3.05, 3.63) is 108 Å². The maximum Gasteiger partial charge on any atom is 0.303 e. The molecule has 9 heteroatoms. The highest BCUT2D eigenvalue weighted by Gasteiger charge is 2.23. The van der Waals surface area contributed by atoms with E-state index in [2.05, 4.69) is 39.9 Å². The van der Waals surface area contributed by atoms with Crippen LogP contribution in [0.25, 0.3) is 22.0 Å². The monoisotopic (exact) mass is 567 g/mol. The van der Waals surface area contributed by atoms with Crippen molar-refractivity contribution < 1.29 is 19.5 Å². The van der Waals surface area contributed by atoms with Crippen LogP contribution in [0.4, 0.5) is 10.8 Å². The van der Waals surface area contributed by atoms with Gasteiger partial charge in [-0.2, -0.15) is 0 Å². The number of nitrogens with zero attached hydrogens (tertiary/aromatic N) is 1. The molecule has 0 fully saturated rings. The highest BCUT2D eigenvalue weighted by molar-refractivity contribution is 8.00. The van der Waals surface area contributed by atoms with Crippen LogP contribution < -0.4 is 10.6 Å². The van der Waals surface area contributed by atoms with Crippen LogP contribution in [0.3, 0.4) is 0 Å². The zero-order chi connectivity index (χ0) is 27.9. The number of fused-ring (bicyclic) bond motifs is 1. The van der Waals surface area contributed by atoms with Gasteiger partial charge < -0.3 is 15.7 Å². The summed E-state index contributed by atoms with van der Waals surface area (Å²) in [6.07, 6.45) is -0.322. The predicted octanol–water partition coefficient (Wildman–Crippen LogP) is 7.24. The average Bonchev–Trinajstić information content (AvgIpc) is 3.44. The lowest BCUT2D eigenvalue weighted by atomic mass is 10.1. The van der Waals surface area contributed by atoms with E-state index in [0.29, 0.717) is 10.8 Å². The lowest BCUT2D eigenvalue weighted by Gasteiger charge is -2.16. The predicted molar refractivity (Wildman–Crippen MR) is 161 cm³/mol. The first-order valence-electron chi connectivity index (χ1n) is 12.5. The average molecular weight is 568 g/mol. The first-order chi connectivity index (χ1) is 19.4. The van der Waals surface area contributed by atoms with Gasteiger partial charge in [-0.15, -0.1) is 23.1 Å². The minimum Gasteiger partial charge on any atom is -0.481 e. The third kappa shape index (κ3) is 6.93. The first kappa shape index (κ1) is 27.1. The third-order valence-electron chi connectivity index (χ3n) is 6.08. The Balaban J connectivity index is 1.29. The van der Waals surface area contributed by atoms with Crippen LogP contribution in [0.5, 0.6) is 0 Å². The molecule has 0 spiro atoms. The van der Waals surface area contributed by atoms with Gasteiger partial charge in [0.05, 0.1) is 12.1 Å². The number of thioether (sulfide) groups is 1. The van der Waals surface area contributed by atoms with Gasteiger partial charge in [-0.3, -0.25) is 14.4 Å². The van der Waals surface area contributed by atoms with Crippen molar-refractivity contribution >= 4 is 62.5 Å². The summed E-state index contributed by atoms with van der Waals surface area (Å²) in [7, 11) is 0. The fourth-order valence-electron chi connectivity index (χ4n) is 4.08. The number of carbonyl (C=O) groups excluding carboxylic acids is 2. The number of benzene rings is 4. The Morgan fingerprint density at radius 2 is 1.55 bits per heavy atom. The fraction of sp³-hybridized carbons (Fsp3) is 0.0968. The van der Waals surface area contributed by atoms with E-state index < -0.39 is 11.2 Å². The molecular formula is C31H25N3O4S2. The normalized spacial score (nSPS) is 11.6. The van der Waals surface area contributed by atoms with Crippen molar-refractivity contribution in [1.82, 2.24) is 4.98 Å². The second-order valence-electron chi connectivity index (χ2n) is 8.96. The summed E-state index contributed by atoms with van der Waals surface area (Å²) < 4.78 is 0. The largest absolute Gasteiger partial charge is 0.481 e. The number of aliphatic carboxylic acids is 1. The summed E-state index contributed by atoms with van der Waals surface area (Å²) in [4.78, 5) is 41.6. The number of nitrogens with one attached hydrogen (secondary N) is 2. The van der Waals surface area contributed by atoms with Crippen LogP contribution in [0.15, 0.2) is 107 Å². The molecule has 3 N–H and O–H groups in total. The molecule has 1 atom stereocenters. The van der Waals surface area contributed by atoms with Crippen molar-refractivity contribution in [2.45, 2.75) is 23.0 Å². The molecule has 0 aliphatic rings. The van der Waals surface area contributed by atoms with Gasteiger partial charge in [0.15, 0.2) is 5.13 Å². The van der Waals surface area contributed by atoms with E-state index in [0.717, 1.165) is 32.5 Å². The van der Waals surface area contributed by atoms with Crippen LogP contribution in [0.2, 0.25) is 0 Å². The quantitative estimate of drug-likeness (QED) is 0.154. The molecule has 0 saturated carbocycles. The van der Waals surface area contributed by atoms with Crippen molar-refractivity contribution in [2.75, 3.05) is 10.6 Å². The number of rotatable bonds is 10. The van der Waals surface area contributed by atoms with Gasteiger partial charge in [0.25, 0.3) is 0 Å². The molecule has 0 bridgehead atoms. The van der Waals surface area contributed by atoms with Crippen LogP contribution in [0, 0.1) is 0 Å². The molecule has 0 radical (unpaired) electrons. The van der Waals surface area contributed by atoms with Gasteiger partial charge in [0.2, 0.25) is 11.8 Å². The van der Waals surface area contributed by atoms with Crippen LogP contribution >= 0.6 is 23.1 Å². The minimum atomic E-state index is -1.02. The molecule has 0 saturated heterocycles. The Morgan fingerprint density at radius 1 is 0.825 bits per heavy atom. The molecule has 40 heavy (non-hydrogen) atoms. The summed E-state index contributed by atoms with van der Waals surface area (Å²) in [6, 6.07) is 31.0. The summed E-state index contributed by atoms with van der Waals surface area (Å²) in [6.45, 7) is 0. The van der Waals surface area contributed by atoms with E-state index in [1.165, 1.54) is 23.1 Å². The zero-order valence-electron chi connectivity index (χ0n) is 21.2. The molecule has 1 aromatic heterocycles. The smallest absolute Gasteiger partial charge is 0.303 e. The van der Waals surface area contributed by atoms with Gasteiger partial charge in [-0.05, 0) is 46.7 Å². The van der Waals surface area contributed by atoms with E-state index in [1.54, 1.807) is 12.1 Å². The number of amides is 2. The van der Waals surface area contributed by atoms with E-state index in [-0.39, 0.29) is 24.7 Å². The zero-order valence-corrected chi connectivity index (χ0v) is 22.9. The van der Waals surface area contributed by atoms with Gasteiger partial charge in [-0.1, -0.05) is 66.7 Å². The van der Waals surface area contributed by atoms with Crippen LogP contribution in [0.1, 0.15) is 23.7 Å². The molecule has 5 aromatic rings. The Labute approximate surface area is 239 Å². The number of carboxylic acid groups (broad SMARTS) is 1. The van der Waals surface area contributed by atoms with E-state index in [4.69, 9.17) is 5.11 Å². The SMILES string of the molecule is O=C(O)CCC(=O)Nc1ccc(SC(C(=O)Nc2nc(-c3ccc4ccccc4c3)cs2)c2ccccc2)cc1. The van der Waals surface area contributed by atoms with Gasteiger partial charge in [0, 0.05) is 27.9 Å². The molecule has 1 heterocycles. The van der Waals surface area contributed by atoms with Crippen molar-refractivity contribution in [3.8, 4) is 11.3 Å².